The van der Waals surface area contributed by atoms with Crippen LogP contribution in [-0.2, 0) is 9.53 Å². The standard InChI is InChI=1S/C20H24N4O3/c25-19-8-7-17(14-9-11-21-12-10-14)23-24(19)16-5-3-15(4-6-16)22-20(26)18-2-1-13-27-18/h7-12,15-16,18H,1-6,13H2,(H,22,26). The molecule has 1 saturated heterocycles. The molecule has 4 rings (SSSR count). The van der Waals surface area contributed by atoms with Crippen molar-refractivity contribution >= 4 is 5.91 Å². The number of aromatic nitrogens is 3. The first-order valence-corrected chi connectivity index (χ1v) is 9.63. The number of hydrogen-bond donors (Lipinski definition) is 1. The number of rotatable bonds is 4. The van der Waals surface area contributed by atoms with Crippen molar-refractivity contribution in [1.29, 1.82) is 0 Å². The minimum absolute atomic E-state index is 0.00549. The molecular formula is C20H24N4O3. The third kappa shape index (κ3) is 4.08. The summed E-state index contributed by atoms with van der Waals surface area (Å²) in [6.45, 7) is 0.674. The summed E-state index contributed by atoms with van der Waals surface area (Å²) in [5.41, 5.74) is 1.63. The van der Waals surface area contributed by atoms with Crippen molar-refractivity contribution < 1.29 is 9.53 Å². The lowest BCUT2D eigenvalue weighted by molar-refractivity contribution is -0.131. The first-order valence-electron chi connectivity index (χ1n) is 9.63. The zero-order valence-electron chi connectivity index (χ0n) is 15.2. The maximum atomic E-state index is 12.3. The minimum atomic E-state index is -0.288. The van der Waals surface area contributed by atoms with Crippen LogP contribution in [0.5, 0.6) is 0 Å². The van der Waals surface area contributed by atoms with E-state index in [4.69, 9.17) is 4.74 Å². The van der Waals surface area contributed by atoms with Crippen LogP contribution in [0.1, 0.15) is 44.6 Å². The Labute approximate surface area is 157 Å². The first kappa shape index (κ1) is 17.9. The summed E-state index contributed by atoms with van der Waals surface area (Å²) in [5, 5.41) is 7.69. The van der Waals surface area contributed by atoms with Gasteiger partial charge in [-0.3, -0.25) is 14.6 Å². The van der Waals surface area contributed by atoms with E-state index in [9.17, 15) is 9.59 Å². The predicted octanol–water partition coefficient (Wildman–Crippen LogP) is 2.08. The zero-order valence-corrected chi connectivity index (χ0v) is 15.2. The van der Waals surface area contributed by atoms with E-state index in [0.717, 1.165) is 49.8 Å². The van der Waals surface area contributed by atoms with Crippen molar-refractivity contribution in [3.63, 3.8) is 0 Å². The van der Waals surface area contributed by atoms with E-state index in [-0.39, 0.29) is 29.7 Å². The highest BCUT2D eigenvalue weighted by atomic mass is 16.5. The van der Waals surface area contributed by atoms with Crippen LogP contribution < -0.4 is 10.9 Å². The number of nitrogens with zero attached hydrogens (tertiary/aromatic N) is 3. The third-order valence-electron chi connectivity index (χ3n) is 5.41. The van der Waals surface area contributed by atoms with Crippen LogP contribution in [0.4, 0.5) is 0 Å². The second kappa shape index (κ2) is 8.00. The molecule has 27 heavy (non-hydrogen) atoms. The van der Waals surface area contributed by atoms with E-state index in [2.05, 4.69) is 15.4 Å². The van der Waals surface area contributed by atoms with Crippen LogP contribution >= 0.6 is 0 Å². The summed E-state index contributed by atoms with van der Waals surface area (Å²) in [4.78, 5) is 28.6. The van der Waals surface area contributed by atoms with Gasteiger partial charge in [-0.15, -0.1) is 0 Å². The van der Waals surface area contributed by atoms with E-state index in [1.165, 1.54) is 0 Å². The van der Waals surface area contributed by atoms with Crippen molar-refractivity contribution in [2.75, 3.05) is 6.61 Å². The number of pyridine rings is 1. The van der Waals surface area contributed by atoms with Crippen LogP contribution in [0.2, 0.25) is 0 Å². The predicted molar refractivity (Wildman–Crippen MR) is 100 cm³/mol. The molecular weight excluding hydrogens is 344 g/mol. The van der Waals surface area contributed by atoms with Gasteiger partial charge in [0.15, 0.2) is 0 Å². The highest BCUT2D eigenvalue weighted by Gasteiger charge is 2.29. The minimum Gasteiger partial charge on any atom is -0.368 e. The molecule has 1 unspecified atom stereocenters. The quantitative estimate of drug-likeness (QED) is 0.893. The van der Waals surface area contributed by atoms with Crippen LogP contribution in [0.3, 0.4) is 0 Å². The monoisotopic (exact) mass is 368 g/mol. The lowest BCUT2D eigenvalue weighted by Gasteiger charge is -2.30. The lowest BCUT2D eigenvalue weighted by Crippen LogP contribution is -2.43. The summed E-state index contributed by atoms with van der Waals surface area (Å²) in [7, 11) is 0. The molecule has 1 N–H and O–H groups in total. The average Bonchev–Trinajstić information content (AvgIpc) is 3.25. The molecule has 0 aromatic carbocycles. The molecule has 2 aromatic rings. The van der Waals surface area contributed by atoms with Gasteiger partial charge in [-0.05, 0) is 56.7 Å². The normalized spacial score (nSPS) is 25.3. The van der Waals surface area contributed by atoms with E-state index in [1.54, 1.807) is 29.2 Å². The topological polar surface area (TPSA) is 86.1 Å². The molecule has 7 heteroatoms. The fraction of sp³-hybridized carbons (Fsp3) is 0.500. The summed E-state index contributed by atoms with van der Waals surface area (Å²) >= 11 is 0. The molecule has 7 nitrogen and oxygen atoms in total. The number of amides is 1. The largest absolute Gasteiger partial charge is 0.368 e. The van der Waals surface area contributed by atoms with Gasteiger partial charge in [0, 0.05) is 36.7 Å². The molecule has 1 amide bonds. The van der Waals surface area contributed by atoms with E-state index < -0.39 is 0 Å². The molecule has 3 heterocycles. The van der Waals surface area contributed by atoms with Gasteiger partial charge in [-0.25, -0.2) is 4.68 Å². The van der Waals surface area contributed by atoms with Crippen molar-refractivity contribution in [1.82, 2.24) is 20.1 Å². The fourth-order valence-corrected chi connectivity index (χ4v) is 3.91. The lowest BCUT2D eigenvalue weighted by atomic mass is 9.91. The van der Waals surface area contributed by atoms with E-state index in [1.807, 2.05) is 12.1 Å². The molecule has 1 aliphatic carbocycles. The van der Waals surface area contributed by atoms with E-state index >= 15 is 0 Å². The van der Waals surface area contributed by atoms with Gasteiger partial charge in [0.2, 0.25) is 5.91 Å². The molecule has 142 valence electrons. The molecule has 2 fully saturated rings. The Morgan fingerprint density at radius 1 is 1.07 bits per heavy atom. The number of nitrogens with one attached hydrogen (secondary N) is 1. The Morgan fingerprint density at radius 2 is 1.85 bits per heavy atom. The highest BCUT2D eigenvalue weighted by Crippen LogP contribution is 2.28. The van der Waals surface area contributed by atoms with Gasteiger partial charge >= 0.3 is 0 Å². The fourth-order valence-electron chi connectivity index (χ4n) is 3.91. The van der Waals surface area contributed by atoms with Crippen molar-refractivity contribution in [3.8, 4) is 11.3 Å². The smallest absolute Gasteiger partial charge is 0.267 e. The van der Waals surface area contributed by atoms with Gasteiger partial charge in [-0.2, -0.15) is 5.10 Å². The Bertz CT molecular complexity index is 838. The summed E-state index contributed by atoms with van der Waals surface area (Å²) in [5.74, 6) is 0.00549. The molecule has 2 aromatic heterocycles. The molecule has 2 aliphatic rings. The SMILES string of the molecule is O=C(NC1CCC(n2nc(-c3ccncc3)ccc2=O)CC1)C1CCCO1. The first-order chi connectivity index (χ1) is 13.2. The Morgan fingerprint density at radius 3 is 2.56 bits per heavy atom. The van der Waals surface area contributed by atoms with Gasteiger partial charge in [0.25, 0.3) is 5.56 Å². The van der Waals surface area contributed by atoms with Crippen molar-refractivity contribution in [2.24, 2.45) is 0 Å². The second-order valence-electron chi connectivity index (χ2n) is 7.25. The maximum Gasteiger partial charge on any atom is 0.267 e. The maximum absolute atomic E-state index is 12.3. The third-order valence-corrected chi connectivity index (χ3v) is 5.41. The van der Waals surface area contributed by atoms with Gasteiger partial charge in [0.1, 0.15) is 6.10 Å². The number of ether oxygens (including phenoxy) is 1. The Hall–Kier alpha value is -2.54. The Kier molecular flexibility index (Phi) is 5.29. The molecule has 1 saturated carbocycles. The number of carbonyl (C=O) groups is 1. The number of hydrogen-bond acceptors (Lipinski definition) is 5. The van der Waals surface area contributed by atoms with Crippen LogP contribution in [0, 0.1) is 0 Å². The van der Waals surface area contributed by atoms with Crippen LogP contribution in [-0.4, -0.2) is 39.4 Å². The molecule has 0 radical (unpaired) electrons. The van der Waals surface area contributed by atoms with Gasteiger partial charge in [-0.1, -0.05) is 0 Å². The summed E-state index contributed by atoms with van der Waals surface area (Å²) in [6.07, 6.45) is 8.24. The Balaban J connectivity index is 1.40. The van der Waals surface area contributed by atoms with Gasteiger partial charge < -0.3 is 10.1 Å². The van der Waals surface area contributed by atoms with Crippen molar-refractivity contribution in [3.05, 3.63) is 47.0 Å². The number of carbonyl (C=O) groups excluding carboxylic acids is 1. The summed E-state index contributed by atoms with van der Waals surface area (Å²) < 4.78 is 7.05. The second-order valence-corrected chi connectivity index (χ2v) is 7.25. The highest BCUT2D eigenvalue weighted by molar-refractivity contribution is 5.81. The zero-order chi connectivity index (χ0) is 18.6. The van der Waals surface area contributed by atoms with Crippen LogP contribution in [0.25, 0.3) is 11.3 Å². The van der Waals surface area contributed by atoms with Crippen LogP contribution in [0.15, 0.2) is 41.5 Å². The molecule has 1 aliphatic heterocycles. The summed E-state index contributed by atoms with van der Waals surface area (Å²) in [6, 6.07) is 7.31. The van der Waals surface area contributed by atoms with Crippen molar-refractivity contribution in [2.45, 2.75) is 56.7 Å². The molecule has 0 spiro atoms. The molecule has 0 bridgehead atoms. The average molecular weight is 368 g/mol. The molecule has 1 atom stereocenters. The van der Waals surface area contributed by atoms with Gasteiger partial charge in [0.05, 0.1) is 11.7 Å². The van der Waals surface area contributed by atoms with E-state index in [0.29, 0.717) is 6.61 Å².